The van der Waals surface area contributed by atoms with E-state index in [1.807, 2.05) is 39.0 Å². The lowest BCUT2D eigenvalue weighted by Crippen LogP contribution is -2.10. The lowest BCUT2D eigenvalue weighted by Gasteiger charge is -2.14. The van der Waals surface area contributed by atoms with E-state index in [0.29, 0.717) is 6.61 Å². The summed E-state index contributed by atoms with van der Waals surface area (Å²) in [6.07, 6.45) is 0. The van der Waals surface area contributed by atoms with Gasteiger partial charge in [-0.3, -0.25) is 0 Å². The summed E-state index contributed by atoms with van der Waals surface area (Å²) < 4.78 is 10.7. The first-order chi connectivity index (χ1) is 7.15. The SMILES string of the molecule is CCOCOc1cc(C)ccc1[C@H](C)N. The van der Waals surface area contributed by atoms with Crippen LogP contribution < -0.4 is 10.5 Å². The summed E-state index contributed by atoms with van der Waals surface area (Å²) in [5, 5.41) is 0. The Balaban J connectivity index is 2.77. The van der Waals surface area contributed by atoms with Crippen molar-refractivity contribution in [1.29, 1.82) is 0 Å². The molecule has 0 aliphatic rings. The monoisotopic (exact) mass is 209 g/mol. The van der Waals surface area contributed by atoms with Gasteiger partial charge in [0.15, 0.2) is 6.79 Å². The van der Waals surface area contributed by atoms with Crippen molar-refractivity contribution in [2.24, 2.45) is 5.73 Å². The lowest BCUT2D eigenvalue weighted by molar-refractivity contribution is 0.0217. The zero-order chi connectivity index (χ0) is 11.3. The average molecular weight is 209 g/mol. The third-order valence-electron chi connectivity index (χ3n) is 2.16. The third kappa shape index (κ3) is 3.53. The average Bonchev–Trinajstić information content (AvgIpc) is 2.18. The maximum Gasteiger partial charge on any atom is 0.189 e. The highest BCUT2D eigenvalue weighted by Crippen LogP contribution is 2.24. The van der Waals surface area contributed by atoms with Gasteiger partial charge in [0.1, 0.15) is 5.75 Å². The Bertz CT molecular complexity index is 310. The van der Waals surface area contributed by atoms with Crippen LogP contribution in [-0.2, 0) is 4.74 Å². The van der Waals surface area contributed by atoms with Crippen LogP contribution in [0.15, 0.2) is 18.2 Å². The molecule has 0 aliphatic heterocycles. The highest BCUT2D eigenvalue weighted by Gasteiger charge is 2.07. The highest BCUT2D eigenvalue weighted by molar-refractivity contribution is 5.38. The van der Waals surface area contributed by atoms with Crippen LogP contribution in [0.3, 0.4) is 0 Å². The van der Waals surface area contributed by atoms with Crippen LogP contribution in [-0.4, -0.2) is 13.4 Å². The molecule has 15 heavy (non-hydrogen) atoms. The number of benzene rings is 1. The number of aryl methyl sites for hydroxylation is 1. The summed E-state index contributed by atoms with van der Waals surface area (Å²) >= 11 is 0. The number of rotatable bonds is 5. The molecule has 0 bridgehead atoms. The van der Waals surface area contributed by atoms with E-state index in [-0.39, 0.29) is 12.8 Å². The smallest absolute Gasteiger partial charge is 0.189 e. The minimum Gasteiger partial charge on any atom is -0.467 e. The Morgan fingerprint density at radius 3 is 2.73 bits per heavy atom. The standard InChI is InChI=1S/C12H19NO2/c1-4-14-8-15-12-7-9(2)5-6-11(12)10(3)13/h5-7,10H,4,8,13H2,1-3H3/t10-/m0/s1. The largest absolute Gasteiger partial charge is 0.467 e. The predicted octanol–water partition coefficient (Wildman–Crippen LogP) is 2.39. The minimum atomic E-state index is -0.0257. The molecule has 0 unspecified atom stereocenters. The zero-order valence-electron chi connectivity index (χ0n) is 9.62. The van der Waals surface area contributed by atoms with E-state index in [9.17, 15) is 0 Å². The first-order valence-electron chi connectivity index (χ1n) is 5.21. The van der Waals surface area contributed by atoms with E-state index >= 15 is 0 Å². The van der Waals surface area contributed by atoms with Gasteiger partial charge >= 0.3 is 0 Å². The van der Waals surface area contributed by atoms with E-state index in [4.69, 9.17) is 15.2 Å². The summed E-state index contributed by atoms with van der Waals surface area (Å²) in [6.45, 7) is 6.84. The normalized spacial score (nSPS) is 12.5. The lowest BCUT2D eigenvalue weighted by atomic mass is 10.1. The molecule has 3 heteroatoms. The van der Waals surface area contributed by atoms with Gasteiger partial charge in [-0.05, 0) is 32.4 Å². The molecule has 0 fully saturated rings. The molecule has 0 heterocycles. The van der Waals surface area contributed by atoms with Crippen molar-refractivity contribution < 1.29 is 9.47 Å². The predicted molar refractivity (Wildman–Crippen MR) is 60.9 cm³/mol. The molecule has 0 saturated heterocycles. The van der Waals surface area contributed by atoms with Gasteiger partial charge in [0.25, 0.3) is 0 Å². The molecule has 0 radical (unpaired) electrons. The maximum atomic E-state index is 5.85. The first kappa shape index (κ1) is 12.0. The van der Waals surface area contributed by atoms with Crippen molar-refractivity contribution in [2.75, 3.05) is 13.4 Å². The maximum absolute atomic E-state index is 5.85. The molecule has 1 aromatic rings. The summed E-state index contributed by atoms with van der Waals surface area (Å²) in [7, 11) is 0. The molecule has 3 nitrogen and oxygen atoms in total. The van der Waals surface area contributed by atoms with Crippen molar-refractivity contribution >= 4 is 0 Å². The molecule has 0 amide bonds. The van der Waals surface area contributed by atoms with E-state index in [0.717, 1.165) is 16.9 Å². The molecule has 2 N–H and O–H groups in total. The van der Waals surface area contributed by atoms with Crippen LogP contribution in [0.1, 0.15) is 31.0 Å². The van der Waals surface area contributed by atoms with Crippen LogP contribution in [0.4, 0.5) is 0 Å². The quantitative estimate of drug-likeness (QED) is 0.598. The third-order valence-corrected chi connectivity index (χ3v) is 2.16. The summed E-state index contributed by atoms with van der Waals surface area (Å²) in [4.78, 5) is 0. The van der Waals surface area contributed by atoms with Crippen molar-refractivity contribution in [1.82, 2.24) is 0 Å². The summed E-state index contributed by atoms with van der Waals surface area (Å²) in [5.41, 5.74) is 8.02. The fraction of sp³-hybridized carbons (Fsp3) is 0.500. The number of nitrogens with two attached hydrogens (primary N) is 1. The van der Waals surface area contributed by atoms with Gasteiger partial charge in [0.05, 0.1) is 0 Å². The Morgan fingerprint density at radius 2 is 2.13 bits per heavy atom. The van der Waals surface area contributed by atoms with E-state index in [1.165, 1.54) is 0 Å². The molecule has 1 atom stereocenters. The Kier molecular flexibility index (Phi) is 4.59. The number of hydrogen-bond donors (Lipinski definition) is 1. The summed E-state index contributed by atoms with van der Waals surface area (Å²) in [6, 6.07) is 5.99. The fourth-order valence-electron chi connectivity index (χ4n) is 1.33. The molecule has 0 spiro atoms. The van der Waals surface area contributed by atoms with Gasteiger partial charge in [-0.2, -0.15) is 0 Å². The van der Waals surface area contributed by atoms with Crippen molar-refractivity contribution in [2.45, 2.75) is 26.8 Å². The second-order valence-electron chi connectivity index (χ2n) is 3.58. The van der Waals surface area contributed by atoms with Crippen LogP contribution >= 0.6 is 0 Å². The van der Waals surface area contributed by atoms with Gasteiger partial charge in [0, 0.05) is 18.2 Å². The molecular weight excluding hydrogens is 190 g/mol. The molecule has 0 aliphatic carbocycles. The van der Waals surface area contributed by atoms with Gasteiger partial charge in [-0.25, -0.2) is 0 Å². The number of hydrogen-bond acceptors (Lipinski definition) is 3. The second kappa shape index (κ2) is 5.73. The molecule has 84 valence electrons. The van der Waals surface area contributed by atoms with Gasteiger partial charge in [0.2, 0.25) is 0 Å². The summed E-state index contributed by atoms with van der Waals surface area (Å²) in [5.74, 6) is 0.818. The number of ether oxygens (including phenoxy) is 2. The van der Waals surface area contributed by atoms with Crippen molar-refractivity contribution in [3.63, 3.8) is 0 Å². The Hall–Kier alpha value is -1.06. The van der Waals surface area contributed by atoms with E-state index in [1.54, 1.807) is 0 Å². The highest BCUT2D eigenvalue weighted by atomic mass is 16.7. The Labute approximate surface area is 91.2 Å². The van der Waals surface area contributed by atoms with E-state index in [2.05, 4.69) is 0 Å². The van der Waals surface area contributed by atoms with Crippen LogP contribution in [0, 0.1) is 6.92 Å². The fourth-order valence-corrected chi connectivity index (χ4v) is 1.33. The van der Waals surface area contributed by atoms with Gasteiger partial charge < -0.3 is 15.2 Å². The second-order valence-corrected chi connectivity index (χ2v) is 3.58. The minimum absolute atomic E-state index is 0.0257. The van der Waals surface area contributed by atoms with Gasteiger partial charge in [-0.1, -0.05) is 12.1 Å². The Morgan fingerprint density at radius 1 is 1.40 bits per heavy atom. The topological polar surface area (TPSA) is 44.5 Å². The van der Waals surface area contributed by atoms with Gasteiger partial charge in [-0.15, -0.1) is 0 Å². The van der Waals surface area contributed by atoms with Crippen LogP contribution in [0.2, 0.25) is 0 Å². The zero-order valence-corrected chi connectivity index (χ0v) is 9.62. The molecule has 1 rings (SSSR count). The van der Waals surface area contributed by atoms with E-state index < -0.39 is 0 Å². The van der Waals surface area contributed by atoms with Crippen LogP contribution in [0.5, 0.6) is 5.75 Å². The molecule has 1 aromatic carbocycles. The van der Waals surface area contributed by atoms with Crippen LogP contribution in [0.25, 0.3) is 0 Å². The first-order valence-corrected chi connectivity index (χ1v) is 5.21. The van der Waals surface area contributed by atoms with Crippen molar-refractivity contribution in [3.8, 4) is 5.75 Å². The molecule has 0 saturated carbocycles. The molecular formula is C12H19NO2. The molecule has 0 aromatic heterocycles. The van der Waals surface area contributed by atoms with Crippen molar-refractivity contribution in [3.05, 3.63) is 29.3 Å².